The van der Waals surface area contributed by atoms with Gasteiger partial charge in [0.05, 0.1) is 19.3 Å². The van der Waals surface area contributed by atoms with Crippen LogP contribution in [0.1, 0.15) is 55.0 Å². The summed E-state index contributed by atoms with van der Waals surface area (Å²) in [6.07, 6.45) is 3.79. The van der Waals surface area contributed by atoms with Crippen LogP contribution in [-0.2, 0) is 4.74 Å². The molecule has 0 aromatic carbocycles. The predicted octanol–water partition coefficient (Wildman–Crippen LogP) is 2.36. The monoisotopic (exact) mass is 281 g/mol. The number of hydrogen-bond donors (Lipinski definition) is 1. The summed E-state index contributed by atoms with van der Waals surface area (Å²) >= 11 is 0. The Morgan fingerprint density at radius 3 is 2.80 bits per heavy atom. The fraction of sp³-hybridized carbons (Fsp3) is 0.667. The van der Waals surface area contributed by atoms with Crippen LogP contribution in [0.5, 0.6) is 0 Å². The third-order valence-electron chi connectivity index (χ3n) is 4.25. The topological polar surface area (TPSA) is 62.9 Å². The summed E-state index contributed by atoms with van der Waals surface area (Å²) in [5.41, 5.74) is 0. The normalized spacial score (nSPS) is 24.6. The van der Waals surface area contributed by atoms with Gasteiger partial charge in [-0.1, -0.05) is 12.8 Å². The van der Waals surface area contributed by atoms with Crippen molar-refractivity contribution in [1.29, 1.82) is 0 Å². The van der Waals surface area contributed by atoms with Crippen molar-refractivity contribution >= 4 is 5.97 Å². The molecule has 0 saturated heterocycles. The average Bonchev–Trinajstić information content (AvgIpc) is 2.95. The zero-order chi connectivity index (χ0) is 14.7. The van der Waals surface area contributed by atoms with Crippen LogP contribution in [0.15, 0.2) is 16.5 Å². The number of ether oxygens (including phenoxy) is 1. The fourth-order valence-electron chi connectivity index (χ4n) is 2.84. The van der Waals surface area contributed by atoms with E-state index in [1.807, 2.05) is 14.0 Å². The lowest BCUT2D eigenvalue weighted by Crippen LogP contribution is -2.44. The van der Waals surface area contributed by atoms with Crippen molar-refractivity contribution in [2.45, 2.75) is 50.8 Å². The Morgan fingerprint density at radius 2 is 2.15 bits per heavy atom. The Labute approximate surface area is 119 Å². The predicted molar refractivity (Wildman–Crippen MR) is 74.5 cm³/mol. The molecule has 0 bridgehead atoms. The van der Waals surface area contributed by atoms with E-state index in [9.17, 15) is 9.90 Å². The van der Waals surface area contributed by atoms with E-state index >= 15 is 0 Å². The molecular weight excluding hydrogens is 258 g/mol. The average molecular weight is 281 g/mol. The molecule has 3 unspecified atom stereocenters. The number of carbonyl (C=O) groups excluding carboxylic acids is 1. The molecule has 1 heterocycles. The first kappa shape index (κ1) is 15.1. The van der Waals surface area contributed by atoms with Crippen molar-refractivity contribution in [3.63, 3.8) is 0 Å². The second-order valence-electron chi connectivity index (χ2n) is 5.45. The lowest BCUT2D eigenvalue weighted by Gasteiger charge is -2.38. The molecule has 1 saturated carbocycles. The number of hydrogen-bond acceptors (Lipinski definition) is 5. The van der Waals surface area contributed by atoms with Gasteiger partial charge in [0.2, 0.25) is 5.76 Å². The Morgan fingerprint density at radius 1 is 1.45 bits per heavy atom. The van der Waals surface area contributed by atoms with Crippen LogP contribution in [-0.4, -0.2) is 42.3 Å². The van der Waals surface area contributed by atoms with Gasteiger partial charge in [-0.05, 0) is 38.9 Å². The van der Waals surface area contributed by atoms with Gasteiger partial charge in [-0.3, -0.25) is 4.90 Å². The van der Waals surface area contributed by atoms with Gasteiger partial charge in [-0.2, -0.15) is 0 Å². The van der Waals surface area contributed by atoms with Crippen molar-refractivity contribution in [3.05, 3.63) is 23.7 Å². The Hall–Kier alpha value is -1.33. The van der Waals surface area contributed by atoms with Gasteiger partial charge in [0.25, 0.3) is 0 Å². The van der Waals surface area contributed by atoms with Gasteiger partial charge in [-0.25, -0.2) is 4.79 Å². The molecule has 1 aromatic rings. The van der Waals surface area contributed by atoms with Crippen molar-refractivity contribution in [2.24, 2.45) is 0 Å². The zero-order valence-electron chi connectivity index (χ0n) is 12.3. The first-order valence-electron chi connectivity index (χ1n) is 7.12. The highest BCUT2D eigenvalue weighted by Crippen LogP contribution is 2.29. The third kappa shape index (κ3) is 3.04. The third-order valence-corrected chi connectivity index (χ3v) is 4.25. The van der Waals surface area contributed by atoms with Crippen molar-refractivity contribution in [3.8, 4) is 0 Å². The van der Waals surface area contributed by atoms with E-state index in [2.05, 4.69) is 9.64 Å². The molecule has 1 fully saturated rings. The molecule has 1 aliphatic carbocycles. The Bertz CT molecular complexity index is 456. The Balaban J connectivity index is 2.07. The van der Waals surface area contributed by atoms with Crippen molar-refractivity contribution < 1.29 is 19.1 Å². The van der Waals surface area contributed by atoms with Crippen molar-refractivity contribution in [1.82, 2.24) is 4.90 Å². The largest absolute Gasteiger partial charge is 0.463 e. The second kappa shape index (κ2) is 6.41. The lowest BCUT2D eigenvalue weighted by molar-refractivity contribution is 0.0112. The van der Waals surface area contributed by atoms with E-state index in [0.717, 1.165) is 25.7 Å². The maximum Gasteiger partial charge on any atom is 0.373 e. The number of esters is 1. The maximum atomic E-state index is 11.4. The minimum atomic E-state index is -0.469. The molecule has 0 radical (unpaired) electrons. The summed E-state index contributed by atoms with van der Waals surface area (Å²) in [4.78, 5) is 13.5. The van der Waals surface area contributed by atoms with E-state index < -0.39 is 5.97 Å². The SMILES string of the molecule is COC(=O)c1ccc(C(C)N(C)C2CCCCC2O)o1. The van der Waals surface area contributed by atoms with E-state index in [4.69, 9.17) is 4.42 Å². The lowest BCUT2D eigenvalue weighted by atomic mass is 9.91. The molecule has 1 N–H and O–H groups in total. The maximum absolute atomic E-state index is 11.4. The van der Waals surface area contributed by atoms with Crippen LogP contribution >= 0.6 is 0 Å². The number of rotatable bonds is 4. The van der Waals surface area contributed by atoms with Crippen molar-refractivity contribution in [2.75, 3.05) is 14.2 Å². The molecular formula is C15H23NO4. The number of likely N-dealkylation sites (N-methyl/N-ethyl adjacent to an activating group) is 1. The molecule has 0 aliphatic heterocycles. The van der Waals surface area contributed by atoms with Crippen LogP contribution in [0, 0.1) is 0 Å². The molecule has 5 nitrogen and oxygen atoms in total. The standard InChI is InChI=1S/C15H23NO4/c1-10(13-8-9-14(20-13)15(18)19-3)16(2)11-6-4-5-7-12(11)17/h8-12,17H,4-7H2,1-3H3. The Kier molecular flexibility index (Phi) is 4.83. The summed E-state index contributed by atoms with van der Waals surface area (Å²) < 4.78 is 10.2. The summed E-state index contributed by atoms with van der Waals surface area (Å²) in [5, 5.41) is 10.1. The van der Waals surface area contributed by atoms with Gasteiger partial charge in [0, 0.05) is 6.04 Å². The smallest absolute Gasteiger partial charge is 0.373 e. The van der Waals surface area contributed by atoms with Crippen LogP contribution in [0.2, 0.25) is 0 Å². The molecule has 2 rings (SSSR count). The van der Waals surface area contributed by atoms with Gasteiger partial charge < -0.3 is 14.3 Å². The first-order valence-corrected chi connectivity index (χ1v) is 7.12. The number of carbonyl (C=O) groups is 1. The highest BCUT2D eigenvalue weighted by molar-refractivity contribution is 5.86. The molecule has 20 heavy (non-hydrogen) atoms. The molecule has 1 aliphatic rings. The van der Waals surface area contributed by atoms with Gasteiger partial charge in [0.1, 0.15) is 5.76 Å². The van der Waals surface area contributed by atoms with E-state index in [0.29, 0.717) is 5.76 Å². The summed E-state index contributed by atoms with van der Waals surface area (Å²) in [6.45, 7) is 2.02. The summed E-state index contributed by atoms with van der Waals surface area (Å²) in [7, 11) is 3.32. The van der Waals surface area contributed by atoms with Crippen LogP contribution in [0.3, 0.4) is 0 Å². The second-order valence-corrected chi connectivity index (χ2v) is 5.45. The fourth-order valence-corrected chi connectivity index (χ4v) is 2.84. The first-order chi connectivity index (χ1) is 9.54. The van der Waals surface area contributed by atoms with Gasteiger partial charge in [0.15, 0.2) is 0 Å². The molecule has 1 aromatic heterocycles. The van der Waals surface area contributed by atoms with E-state index in [1.165, 1.54) is 7.11 Å². The van der Waals surface area contributed by atoms with Crippen LogP contribution in [0.4, 0.5) is 0 Å². The molecule has 0 amide bonds. The zero-order valence-corrected chi connectivity index (χ0v) is 12.3. The molecule has 0 spiro atoms. The number of aliphatic hydroxyl groups is 1. The number of methoxy groups -OCH3 is 1. The highest BCUT2D eigenvalue weighted by atomic mass is 16.5. The molecule has 5 heteroatoms. The quantitative estimate of drug-likeness (QED) is 0.858. The van der Waals surface area contributed by atoms with Crippen LogP contribution in [0.25, 0.3) is 0 Å². The molecule has 3 atom stereocenters. The summed E-state index contributed by atoms with van der Waals surface area (Å²) in [6, 6.07) is 3.57. The number of aliphatic hydroxyl groups excluding tert-OH is 1. The van der Waals surface area contributed by atoms with Gasteiger partial charge >= 0.3 is 5.97 Å². The van der Waals surface area contributed by atoms with E-state index in [1.54, 1.807) is 12.1 Å². The summed E-state index contributed by atoms with van der Waals surface area (Å²) in [5.74, 6) is 0.460. The van der Waals surface area contributed by atoms with E-state index in [-0.39, 0.29) is 23.9 Å². The van der Waals surface area contributed by atoms with Crippen LogP contribution < -0.4 is 0 Å². The van der Waals surface area contributed by atoms with Gasteiger partial charge in [-0.15, -0.1) is 0 Å². The minimum absolute atomic E-state index is 0.00570. The molecule has 112 valence electrons. The minimum Gasteiger partial charge on any atom is -0.463 e. The number of nitrogens with zero attached hydrogens (tertiary/aromatic N) is 1. The number of furan rings is 1. The highest BCUT2D eigenvalue weighted by Gasteiger charge is 2.30.